The first kappa shape index (κ1) is 12.4. The van der Waals surface area contributed by atoms with E-state index in [0.717, 1.165) is 12.5 Å². The number of halogens is 4. The van der Waals surface area contributed by atoms with Gasteiger partial charge in [-0.05, 0) is 0 Å². The Balaban J connectivity index is 0. The summed E-state index contributed by atoms with van der Waals surface area (Å²) in [5, 5.41) is 0. The Morgan fingerprint density at radius 1 is 1.00 bits per heavy atom. The summed E-state index contributed by atoms with van der Waals surface area (Å²) in [5.41, 5.74) is 0. The number of hydrogen-bond acceptors (Lipinski definition) is 2. The highest BCUT2D eigenvalue weighted by Crippen LogP contribution is 2.13. The third-order valence-corrected chi connectivity index (χ3v) is 0. The van der Waals surface area contributed by atoms with Gasteiger partial charge >= 0.3 is 6.43 Å². The number of sulfone groups is 1. The van der Waals surface area contributed by atoms with Crippen molar-refractivity contribution in [3.63, 3.8) is 0 Å². The van der Waals surface area contributed by atoms with E-state index in [0.29, 0.717) is 0 Å². The Hall–Kier alpha value is -0.330. The second-order valence-corrected chi connectivity index (χ2v) is 3.86. The number of rotatable bonds is 0. The van der Waals surface area contributed by atoms with Crippen LogP contribution in [0.1, 0.15) is 0 Å². The zero-order valence-electron chi connectivity index (χ0n) is 5.24. The predicted molar refractivity (Wildman–Crippen MR) is 27.9 cm³/mol. The van der Waals surface area contributed by atoms with Crippen molar-refractivity contribution >= 4 is 9.84 Å². The van der Waals surface area contributed by atoms with Crippen molar-refractivity contribution in [3.05, 3.63) is 0 Å². The molecule has 7 heteroatoms. The highest BCUT2D eigenvalue weighted by molar-refractivity contribution is 7.89. The van der Waals surface area contributed by atoms with Crippen molar-refractivity contribution in [1.29, 1.82) is 0 Å². The summed E-state index contributed by atoms with van der Waals surface area (Å²) in [6.07, 6.45) is -3.18. The Bertz CT molecular complexity index is 153. The summed E-state index contributed by atoms with van der Waals surface area (Å²) in [7, 11) is -2.67. The Morgan fingerprint density at radius 3 is 1.00 bits per heavy atom. The molecule has 0 unspecified atom stereocenters. The summed E-state index contributed by atoms with van der Waals surface area (Å²) in [4.78, 5) is 0. The minimum Gasteiger partial charge on any atom is -0.229 e. The highest BCUT2D eigenvalue weighted by atomic mass is 32.2. The van der Waals surface area contributed by atoms with Crippen LogP contribution in [0.15, 0.2) is 0 Å². The predicted octanol–water partition coefficient (Wildman–Crippen LogP) is 1.14. The van der Waals surface area contributed by atoms with Gasteiger partial charge in [-0.1, -0.05) is 0 Å². The average Bonchev–Trinajstić information content (AvgIpc) is 1.12. The summed E-state index contributed by atoms with van der Waals surface area (Å²) >= 11 is 0. The molecule has 64 valence electrons. The van der Waals surface area contributed by atoms with E-state index >= 15 is 0 Å². The normalized spacial score (nSPS) is 11.8. The number of hydrogen-bond donors (Lipinski definition) is 0. The molecule has 10 heavy (non-hydrogen) atoms. The summed E-state index contributed by atoms with van der Waals surface area (Å²) < 4.78 is 58.0. The third kappa shape index (κ3) is 3130. The van der Waals surface area contributed by atoms with Crippen molar-refractivity contribution in [1.82, 2.24) is 0 Å². The molecule has 0 amide bonds. The van der Waals surface area contributed by atoms with Gasteiger partial charge in [-0.25, -0.2) is 8.42 Å². The Labute approximate surface area is 55.8 Å². The number of alkyl halides is 4. The first-order valence-electron chi connectivity index (χ1n) is 1.91. The first-order chi connectivity index (χ1) is 4.00. The van der Waals surface area contributed by atoms with Crippen LogP contribution in [0.2, 0.25) is 0 Å². The first-order valence-corrected chi connectivity index (χ1v) is 4.21. The van der Waals surface area contributed by atoms with E-state index in [1.807, 2.05) is 0 Å². The van der Waals surface area contributed by atoms with Crippen molar-refractivity contribution in [2.24, 2.45) is 0 Å². The van der Waals surface area contributed by atoms with E-state index in [9.17, 15) is 26.0 Å². The average molecular weight is 182 g/mol. The fourth-order valence-corrected chi connectivity index (χ4v) is 0. The van der Waals surface area contributed by atoms with Gasteiger partial charge in [0.05, 0.1) is 0 Å². The van der Waals surface area contributed by atoms with E-state index in [2.05, 4.69) is 0 Å². The molecule has 0 saturated heterocycles. The Kier molecular flexibility index (Phi) is 4.63. The molecule has 0 N–H and O–H groups in total. The largest absolute Gasteiger partial charge is 0.559 e. The molecule has 0 aromatic carbocycles. The molecular weight excluding hydrogens is 176 g/mol. The van der Waals surface area contributed by atoms with Crippen LogP contribution in [0.5, 0.6) is 0 Å². The van der Waals surface area contributed by atoms with Gasteiger partial charge in [0.1, 0.15) is 9.84 Å². The maximum atomic E-state index is 9.69. The maximum absolute atomic E-state index is 9.69. The summed E-state index contributed by atoms with van der Waals surface area (Å²) in [6.45, 7) is 0. The van der Waals surface area contributed by atoms with E-state index in [1.165, 1.54) is 0 Å². The van der Waals surface area contributed by atoms with Gasteiger partial charge in [0.15, 0.2) is 0 Å². The fraction of sp³-hybridized carbons (Fsp3) is 1.00. The molecule has 0 rings (SSSR count). The SMILES string of the molecule is CS(C)(=O)=O.FC(F)(F)F. The molecule has 0 aliphatic rings. The lowest BCUT2D eigenvalue weighted by Gasteiger charge is -1.82. The van der Waals surface area contributed by atoms with Crippen LogP contribution in [0, 0.1) is 0 Å². The second kappa shape index (κ2) is 3.75. The molecule has 0 aromatic rings. The van der Waals surface area contributed by atoms with E-state index in [4.69, 9.17) is 0 Å². The quantitative estimate of drug-likeness (QED) is 0.526. The molecular formula is C3H6F4O2S. The molecule has 0 heterocycles. The van der Waals surface area contributed by atoms with E-state index in [1.54, 1.807) is 0 Å². The second-order valence-electron chi connectivity index (χ2n) is 1.57. The van der Waals surface area contributed by atoms with Gasteiger partial charge in [-0.2, -0.15) is 0 Å². The smallest absolute Gasteiger partial charge is 0.229 e. The molecule has 0 aliphatic heterocycles. The molecule has 0 fully saturated rings. The van der Waals surface area contributed by atoms with Gasteiger partial charge in [0, 0.05) is 12.5 Å². The lowest BCUT2D eigenvalue weighted by molar-refractivity contribution is -0.237. The van der Waals surface area contributed by atoms with Crippen LogP contribution < -0.4 is 0 Å². The zero-order chi connectivity index (χ0) is 9.00. The minimum atomic E-state index is -5.50. The van der Waals surface area contributed by atoms with E-state index < -0.39 is 16.3 Å². The molecule has 0 spiro atoms. The summed E-state index contributed by atoms with van der Waals surface area (Å²) in [5.74, 6) is 0. The topological polar surface area (TPSA) is 34.1 Å². The van der Waals surface area contributed by atoms with Crippen molar-refractivity contribution < 1.29 is 26.0 Å². The van der Waals surface area contributed by atoms with Gasteiger partial charge in [0.2, 0.25) is 0 Å². The van der Waals surface area contributed by atoms with Crippen molar-refractivity contribution in [2.45, 2.75) is 6.43 Å². The highest BCUT2D eigenvalue weighted by Gasteiger charge is 2.24. The molecule has 0 atom stereocenters. The van der Waals surface area contributed by atoms with Crippen molar-refractivity contribution in [3.8, 4) is 0 Å². The molecule has 2 nitrogen and oxygen atoms in total. The lowest BCUT2D eigenvalue weighted by atomic mass is 11.5. The van der Waals surface area contributed by atoms with Gasteiger partial charge in [-0.15, -0.1) is 17.6 Å². The van der Waals surface area contributed by atoms with Crippen LogP contribution in [0.25, 0.3) is 0 Å². The standard InChI is InChI=1S/C2H6O2S.CF4/c1-5(2,3)4;2-1(3,4)5/h1-2H3;. The molecule has 0 saturated carbocycles. The molecule has 0 bridgehead atoms. The van der Waals surface area contributed by atoms with Gasteiger partial charge in [0.25, 0.3) is 0 Å². The monoisotopic (exact) mass is 182 g/mol. The third-order valence-electron chi connectivity index (χ3n) is 0. The lowest BCUT2D eigenvalue weighted by Crippen LogP contribution is -1.92. The fourth-order valence-electron chi connectivity index (χ4n) is 0. The van der Waals surface area contributed by atoms with Crippen molar-refractivity contribution in [2.75, 3.05) is 12.5 Å². The molecule has 0 aliphatic carbocycles. The molecule has 0 radical (unpaired) electrons. The van der Waals surface area contributed by atoms with Crippen LogP contribution in [-0.4, -0.2) is 27.4 Å². The summed E-state index contributed by atoms with van der Waals surface area (Å²) in [6, 6.07) is 0. The van der Waals surface area contributed by atoms with Crippen LogP contribution in [0.4, 0.5) is 17.6 Å². The van der Waals surface area contributed by atoms with Gasteiger partial charge in [-0.3, -0.25) is 0 Å². The minimum absolute atomic E-state index is 1.16. The molecule has 0 aromatic heterocycles. The van der Waals surface area contributed by atoms with Gasteiger partial charge < -0.3 is 0 Å². The van der Waals surface area contributed by atoms with Crippen LogP contribution >= 0.6 is 0 Å². The van der Waals surface area contributed by atoms with Crippen LogP contribution in [-0.2, 0) is 9.84 Å². The van der Waals surface area contributed by atoms with E-state index in [-0.39, 0.29) is 0 Å². The zero-order valence-corrected chi connectivity index (χ0v) is 6.05. The Morgan fingerprint density at radius 2 is 1.00 bits per heavy atom. The maximum Gasteiger partial charge on any atom is 0.559 e. The van der Waals surface area contributed by atoms with Crippen LogP contribution in [0.3, 0.4) is 0 Å².